The number of fused-ring (bicyclic) bond motifs is 8. The number of halogens is 3. The summed E-state index contributed by atoms with van der Waals surface area (Å²) in [5.41, 5.74) is 12.1. The summed E-state index contributed by atoms with van der Waals surface area (Å²) >= 11 is 2.72. The van der Waals surface area contributed by atoms with Crippen LogP contribution in [-0.2, 0) is 40.8 Å². The average Bonchev–Trinajstić information content (AvgIpc) is 3.50. The van der Waals surface area contributed by atoms with E-state index in [9.17, 15) is 0 Å². The fraction of sp³-hybridized carbons (Fsp3) is 0.103. The molecule has 2 aliphatic carbocycles. The van der Waals surface area contributed by atoms with Crippen LogP contribution in [-0.4, -0.2) is 7.05 Å². The van der Waals surface area contributed by atoms with Crippen LogP contribution in [0.5, 0.6) is 0 Å². The van der Waals surface area contributed by atoms with Gasteiger partial charge in [-0.05, 0) is 42.4 Å². The van der Waals surface area contributed by atoms with Gasteiger partial charge >= 0.3 is 37.9 Å². The van der Waals surface area contributed by atoms with Gasteiger partial charge in [0.15, 0.2) is 0 Å². The van der Waals surface area contributed by atoms with Gasteiger partial charge in [-0.2, -0.15) is 0 Å². The number of benzene rings is 4. The summed E-state index contributed by atoms with van der Waals surface area (Å²) in [6, 6.07) is 34.6. The SMILES string of the molecule is CN1c2ccc[c-]c2C2=Cc3cc(Br)ccc3C21.[Cl][Zr][Cl].[SH-].[c-]1cccc2c1-c1ccccc1C2. The van der Waals surface area contributed by atoms with Gasteiger partial charge in [0.1, 0.15) is 0 Å². The van der Waals surface area contributed by atoms with Gasteiger partial charge in [0.25, 0.3) is 0 Å². The van der Waals surface area contributed by atoms with Crippen LogP contribution in [0, 0.1) is 12.1 Å². The largest absolute Gasteiger partial charge is 0.813 e. The van der Waals surface area contributed by atoms with Crippen molar-refractivity contribution in [2.24, 2.45) is 0 Å². The van der Waals surface area contributed by atoms with E-state index in [4.69, 9.17) is 17.0 Å². The molecule has 0 radical (unpaired) electrons. The minimum Gasteiger partial charge on any atom is -0.813 e. The zero-order chi connectivity index (χ0) is 23.7. The molecule has 4 aromatic rings. The van der Waals surface area contributed by atoms with Crippen LogP contribution in [0.1, 0.15) is 33.9 Å². The summed E-state index contributed by atoms with van der Waals surface area (Å²) in [4.78, 5) is 2.34. The van der Waals surface area contributed by atoms with Crippen LogP contribution in [0.25, 0.3) is 22.8 Å². The van der Waals surface area contributed by atoms with Crippen molar-refractivity contribution in [3.63, 3.8) is 0 Å². The van der Waals surface area contributed by atoms with Crippen LogP contribution >= 0.6 is 33.0 Å². The monoisotopic (exact) mass is 654 g/mol. The Morgan fingerprint density at radius 3 is 2.40 bits per heavy atom. The van der Waals surface area contributed by atoms with E-state index in [1.807, 2.05) is 12.1 Å². The third kappa shape index (κ3) is 5.24. The Morgan fingerprint density at radius 2 is 1.60 bits per heavy atom. The third-order valence-electron chi connectivity index (χ3n) is 6.45. The van der Waals surface area contributed by atoms with Crippen molar-refractivity contribution >= 4 is 63.8 Å². The molecule has 3 aliphatic rings. The Kier molecular flexibility index (Phi) is 9.06. The van der Waals surface area contributed by atoms with E-state index in [-0.39, 0.29) is 13.5 Å². The number of hydrogen-bond acceptors (Lipinski definition) is 2. The van der Waals surface area contributed by atoms with Crippen molar-refractivity contribution in [1.29, 1.82) is 0 Å². The Bertz CT molecular complexity index is 1350. The Balaban J connectivity index is 0.000000150. The molecule has 1 heterocycles. The first-order valence-corrected chi connectivity index (χ1v) is 18.0. The molecule has 1 atom stereocenters. The molecule has 7 rings (SSSR count). The number of likely N-dealkylation sites (N-methyl/N-ethyl adjacent to an activating group) is 1. The zero-order valence-electron chi connectivity index (χ0n) is 18.9. The maximum absolute atomic E-state index is 4.93. The Labute approximate surface area is 241 Å². The standard InChI is InChI=1S/C16H11BrN.C13H9.2ClH.H2S.Zr/c1-18-15-5-3-2-4-13(15)14-9-10-8-11(17)6-7-12(10)16(14)18;1-3-7-12-10(5-1)9-11-6-2-4-8-13(11)12;;;;/h2-3,5-9,16H,1H3;1-7H,9H2;2*1H;1H2;/q2*-1;;;;+2/p-3. The maximum atomic E-state index is 4.93. The van der Waals surface area contributed by atoms with Gasteiger partial charge in [-0.25, -0.2) is 0 Å². The molecule has 0 fully saturated rings. The topological polar surface area (TPSA) is 3.24 Å². The quantitative estimate of drug-likeness (QED) is 0.0935. The zero-order valence-corrected chi connectivity index (χ0v) is 25.3. The summed E-state index contributed by atoms with van der Waals surface area (Å²) in [5.74, 6) is 0. The van der Waals surface area contributed by atoms with Gasteiger partial charge in [0.2, 0.25) is 0 Å². The molecule has 35 heavy (non-hydrogen) atoms. The first-order chi connectivity index (χ1) is 16.6. The molecular formula is C29H21BrCl2NSZr-3. The minimum absolute atomic E-state index is 0. The second-order valence-electron chi connectivity index (χ2n) is 8.29. The molecule has 0 spiro atoms. The van der Waals surface area contributed by atoms with Crippen molar-refractivity contribution in [3.8, 4) is 11.1 Å². The van der Waals surface area contributed by atoms with Crippen molar-refractivity contribution in [1.82, 2.24) is 0 Å². The van der Waals surface area contributed by atoms with E-state index in [1.165, 1.54) is 50.2 Å². The third-order valence-corrected chi connectivity index (χ3v) is 6.94. The predicted molar refractivity (Wildman–Crippen MR) is 152 cm³/mol. The molecule has 1 aliphatic heterocycles. The number of nitrogens with zero attached hydrogens (tertiary/aromatic N) is 1. The first-order valence-electron chi connectivity index (χ1n) is 10.9. The van der Waals surface area contributed by atoms with Crippen LogP contribution in [0.2, 0.25) is 0 Å². The fourth-order valence-corrected chi connectivity index (χ4v) is 5.42. The maximum Gasteiger partial charge on any atom is -0.0454 e. The number of rotatable bonds is 0. The van der Waals surface area contributed by atoms with E-state index in [1.54, 1.807) is 0 Å². The number of anilines is 1. The summed E-state index contributed by atoms with van der Waals surface area (Å²) in [7, 11) is 12.0. The Morgan fingerprint density at radius 1 is 0.914 bits per heavy atom. The van der Waals surface area contributed by atoms with Crippen molar-refractivity contribution in [3.05, 3.63) is 123 Å². The molecule has 1 nitrogen and oxygen atoms in total. The molecule has 0 aromatic heterocycles. The van der Waals surface area contributed by atoms with Gasteiger partial charge in [-0.3, -0.25) is 0 Å². The predicted octanol–water partition coefficient (Wildman–Crippen LogP) is 8.46. The molecule has 0 bridgehead atoms. The van der Waals surface area contributed by atoms with Gasteiger partial charge in [0, 0.05) is 10.5 Å². The fourth-order valence-electron chi connectivity index (χ4n) is 5.05. The van der Waals surface area contributed by atoms with E-state index in [0.717, 1.165) is 10.9 Å². The molecule has 0 N–H and O–H groups in total. The summed E-state index contributed by atoms with van der Waals surface area (Å²) < 4.78 is 1.14. The molecule has 0 amide bonds. The van der Waals surface area contributed by atoms with E-state index in [0.29, 0.717) is 6.04 Å². The molecular weight excluding hydrogens is 636 g/mol. The van der Waals surface area contributed by atoms with Crippen molar-refractivity contribution in [2.75, 3.05) is 11.9 Å². The van der Waals surface area contributed by atoms with Crippen LogP contribution in [0.4, 0.5) is 5.69 Å². The van der Waals surface area contributed by atoms with Gasteiger partial charge in [-0.15, -0.1) is 65.2 Å². The summed E-state index contributed by atoms with van der Waals surface area (Å²) in [6.45, 7) is 0. The van der Waals surface area contributed by atoms with Crippen molar-refractivity contribution < 1.29 is 20.8 Å². The second kappa shape index (κ2) is 11.8. The van der Waals surface area contributed by atoms with Crippen LogP contribution in [0.3, 0.4) is 0 Å². The van der Waals surface area contributed by atoms with E-state index in [2.05, 4.69) is 113 Å². The van der Waals surface area contributed by atoms with Gasteiger partial charge < -0.3 is 18.4 Å². The molecule has 0 saturated carbocycles. The van der Waals surface area contributed by atoms with E-state index >= 15 is 0 Å². The minimum atomic E-state index is -0.826. The molecule has 1 unspecified atom stereocenters. The molecule has 176 valence electrons. The Hall–Kier alpha value is -1.29. The smallest absolute Gasteiger partial charge is 0.0454 e. The first kappa shape index (κ1) is 26.8. The molecule has 0 saturated heterocycles. The summed E-state index contributed by atoms with van der Waals surface area (Å²) in [5, 5.41) is 0. The number of thiol groups is 1. The average molecular weight is 658 g/mol. The second-order valence-corrected chi connectivity index (χ2v) is 12.9. The van der Waals surface area contributed by atoms with Gasteiger partial charge in [0.05, 0.1) is 0 Å². The van der Waals surface area contributed by atoms with Crippen molar-refractivity contribution in [2.45, 2.75) is 12.5 Å². The normalized spacial score (nSPS) is 14.9. The van der Waals surface area contributed by atoms with E-state index < -0.39 is 20.8 Å². The van der Waals surface area contributed by atoms with Crippen LogP contribution < -0.4 is 4.90 Å². The molecule has 4 aromatic carbocycles. The van der Waals surface area contributed by atoms with Gasteiger partial charge in [-0.1, -0.05) is 69.0 Å². The molecule has 6 heteroatoms. The summed E-state index contributed by atoms with van der Waals surface area (Å²) in [6.07, 6.45) is 3.37. The van der Waals surface area contributed by atoms with Crippen LogP contribution in [0.15, 0.2) is 83.3 Å². The number of hydrogen-bond donors (Lipinski definition) is 0.